The number of rotatable bonds is 4. The van der Waals surface area contributed by atoms with Crippen LogP contribution >= 0.6 is 22.6 Å². The zero-order chi connectivity index (χ0) is 39.6. The largest absolute Gasteiger partial charge is 0.480 e. The molecule has 2 N–H and O–H groups in total. The van der Waals surface area contributed by atoms with Gasteiger partial charge in [0.15, 0.2) is 0 Å². The normalized spacial score (nSPS) is 19.4. The number of hydrogen-bond donors (Lipinski definition) is 2. The third-order valence-corrected chi connectivity index (χ3v) is 8.56. The second-order valence-electron chi connectivity index (χ2n) is 15.6. The average molecular weight is 881 g/mol. The van der Waals surface area contributed by atoms with Gasteiger partial charge in [0.2, 0.25) is 5.91 Å². The molecule has 0 radical (unpaired) electrons. The van der Waals surface area contributed by atoms with Crippen molar-refractivity contribution in [3.63, 3.8) is 0 Å². The van der Waals surface area contributed by atoms with Crippen molar-refractivity contribution in [3.8, 4) is 0 Å². The fourth-order valence-corrected chi connectivity index (χ4v) is 5.98. The average Bonchev–Trinajstić information content (AvgIpc) is 3.77. The number of carbonyl (C=O) groups is 6. The number of benzene rings is 1. The van der Waals surface area contributed by atoms with Gasteiger partial charge in [0.25, 0.3) is 0 Å². The van der Waals surface area contributed by atoms with Crippen molar-refractivity contribution in [1.82, 2.24) is 14.7 Å². The number of ether oxygens (including phenoxy) is 3. The van der Waals surface area contributed by atoms with Gasteiger partial charge in [-0.3, -0.25) is 24.3 Å². The molecule has 54 heavy (non-hydrogen) atoms. The molecule has 0 unspecified atom stereocenters. The van der Waals surface area contributed by atoms with Gasteiger partial charge in [-0.1, -0.05) is 27.0 Å². The lowest BCUT2D eigenvalue weighted by Crippen LogP contribution is -2.45. The highest BCUT2D eigenvalue weighted by atomic mass is 127. The SMILES string of the molecule is C.C.CC(C)(C)OC(=O)N1CCC[C@H]1C(=O)F.CC(C)(C)OC(=O)N1CCC[C@H]1C(=O)Nc1ccccc1I.CC(C)(C)OC(=O)N1CCC[C@H]1C(=O)O. The van der Waals surface area contributed by atoms with E-state index < -0.39 is 65.2 Å². The Hall–Kier alpha value is -3.70. The van der Waals surface area contributed by atoms with Gasteiger partial charge in [0, 0.05) is 23.2 Å². The molecule has 1 aromatic rings. The van der Waals surface area contributed by atoms with Crippen LogP contribution < -0.4 is 5.32 Å². The van der Waals surface area contributed by atoms with Crippen molar-refractivity contribution in [1.29, 1.82) is 0 Å². The molecule has 0 saturated carbocycles. The number of halogens is 2. The van der Waals surface area contributed by atoms with Crippen LogP contribution in [0.1, 0.15) is 116 Å². The van der Waals surface area contributed by atoms with Crippen molar-refractivity contribution >= 4 is 64.5 Å². The lowest BCUT2D eigenvalue weighted by atomic mass is 10.2. The predicted molar refractivity (Wildman–Crippen MR) is 213 cm³/mol. The van der Waals surface area contributed by atoms with Crippen molar-refractivity contribution in [2.24, 2.45) is 0 Å². The Balaban J connectivity index is 0.000000789. The summed E-state index contributed by atoms with van der Waals surface area (Å²) in [5, 5.41) is 11.8. The Bertz CT molecular complexity index is 1380. The van der Waals surface area contributed by atoms with E-state index in [2.05, 4.69) is 27.9 Å². The zero-order valence-electron chi connectivity index (χ0n) is 31.6. The highest BCUT2D eigenvalue weighted by molar-refractivity contribution is 14.1. The van der Waals surface area contributed by atoms with E-state index in [1.54, 1.807) is 41.5 Å². The Kier molecular flexibility index (Phi) is 19.9. The van der Waals surface area contributed by atoms with Crippen LogP contribution in [-0.2, 0) is 28.6 Å². The lowest BCUT2D eigenvalue weighted by Gasteiger charge is -2.28. The number of carboxylic acid groups (broad SMARTS) is 1. The molecule has 3 saturated heterocycles. The molecule has 1 aromatic carbocycles. The maximum Gasteiger partial charge on any atom is 0.411 e. The molecular weight excluding hydrogens is 818 g/mol. The number of amides is 4. The van der Waals surface area contributed by atoms with E-state index in [1.807, 2.05) is 45.0 Å². The monoisotopic (exact) mass is 880 g/mol. The maximum atomic E-state index is 12.6. The maximum absolute atomic E-state index is 12.6. The third-order valence-electron chi connectivity index (χ3n) is 7.62. The fraction of sp³-hybridized carbons (Fsp3) is 0.684. The first-order valence-electron chi connectivity index (χ1n) is 17.4. The van der Waals surface area contributed by atoms with Crippen molar-refractivity contribution in [3.05, 3.63) is 27.8 Å². The Morgan fingerprint density at radius 2 is 1.02 bits per heavy atom. The molecule has 3 atom stereocenters. The summed E-state index contributed by atoms with van der Waals surface area (Å²) in [6.07, 6.45) is 2.15. The van der Waals surface area contributed by atoms with Crippen LogP contribution in [0.2, 0.25) is 0 Å². The molecule has 0 spiro atoms. The van der Waals surface area contributed by atoms with Crippen molar-refractivity contribution in [2.75, 3.05) is 25.0 Å². The summed E-state index contributed by atoms with van der Waals surface area (Å²) in [4.78, 5) is 73.3. The number of carboxylic acids is 1. The van der Waals surface area contributed by atoms with Gasteiger partial charge < -0.3 is 24.6 Å². The summed E-state index contributed by atoms with van der Waals surface area (Å²) in [6.45, 7) is 17.3. The van der Waals surface area contributed by atoms with Gasteiger partial charge in [0.1, 0.15) is 34.9 Å². The van der Waals surface area contributed by atoms with Crippen LogP contribution in [0.15, 0.2) is 24.3 Å². The first-order valence-corrected chi connectivity index (χ1v) is 18.4. The second kappa shape index (κ2) is 21.4. The summed E-state index contributed by atoms with van der Waals surface area (Å²) in [6, 6.07) is 3.98. The van der Waals surface area contributed by atoms with E-state index in [0.717, 1.165) is 27.0 Å². The Morgan fingerprint density at radius 1 is 0.667 bits per heavy atom. The van der Waals surface area contributed by atoms with Crippen LogP contribution in [0.25, 0.3) is 0 Å². The standard InChI is InChI=1S/C16H21IN2O3.C10H16FNO3.C10H17NO4.2CH4/c1-16(2,3)22-15(21)19-10-6-9-13(19)14(20)18-12-8-5-4-7-11(12)17;1-10(2,3)15-9(14)12-6-4-5-7(12)8(11)13;1-10(2,3)15-9(14)11-6-4-5-7(11)8(12)13;;/h4-5,7-8,13H,6,9-10H2,1-3H3,(H,18,20);7H,4-6H2,1-3H3;7H,4-6H2,1-3H3,(H,12,13);2*1H4/t13-;2*7-;;/m000../s1. The second-order valence-corrected chi connectivity index (χ2v) is 16.8. The van der Waals surface area contributed by atoms with Gasteiger partial charge in [0.05, 0.1) is 5.69 Å². The zero-order valence-corrected chi connectivity index (χ0v) is 33.8. The van der Waals surface area contributed by atoms with E-state index in [0.29, 0.717) is 45.3 Å². The topological polar surface area (TPSA) is 172 Å². The van der Waals surface area contributed by atoms with E-state index in [1.165, 1.54) is 9.80 Å². The molecular formula is C38H62FIN4O10. The van der Waals surface area contributed by atoms with Crippen LogP contribution in [0, 0.1) is 3.57 Å². The van der Waals surface area contributed by atoms with Crippen LogP contribution in [0.3, 0.4) is 0 Å². The molecule has 3 aliphatic rings. The van der Waals surface area contributed by atoms with E-state index in [9.17, 15) is 33.2 Å². The highest BCUT2D eigenvalue weighted by Gasteiger charge is 2.39. The molecule has 308 valence electrons. The Morgan fingerprint density at radius 3 is 1.39 bits per heavy atom. The third kappa shape index (κ3) is 16.8. The minimum atomic E-state index is -1.46. The van der Waals surface area contributed by atoms with Crippen LogP contribution in [0.4, 0.5) is 24.5 Å². The van der Waals surface area contributed by atoms with E-state index in [4.69, 9.17) is 19.3 Å². The Labute approximate surface area is 333 Å². The predicted octanol–water partition coefficient (Wildman–Crippen LogP) is 8.25. The van der Waals surface area contributed by atoms with Crippen LogP contribution in [-0.4, -0.2) is 111 Å². The lowest BCUT2D eigenvalue weighted by molar-refractivity contribution is -0.142. The quantitative estimate of drug-likeness (QED) is 0.170. The molecule has 4 amide bonds. The van der Waals surface area contributed by atoms with E-state index in [-0.39, 0.29) is 20.8 Å². The number of hydrogen-bond acceptors (Lipinski definition) is 9. The van der Waals surface area contributed by atoms with Crippen molar-refractivity contribution < 1.29 is 52.5 Å². The van der Waals surface area contributed by atoms with Gasteiger partial charge >= 0.3 is 30.3 Å². The number of anilines is 1. The molecule has 3 fully saturated rings. The molecule has 16 heteroatoms. The smallest absolute Gasteiger partial charge is 0.411 e. The molecule has 14 nitrogen and oxygen atoms in total. The summed E-state index contributed by atoms with van der Waals surface area (Å²) in [7, 11) is 0. The summed E-state index contributed by atoms with van der Waals surface area (Å²) in [5.74, 6) is -1.12. The number of likely N-dealkylation sites (tertiary alicyclic amines) is 3. The highest BCUT2D eigenvalue weighted by Crippen LogP contribution is 2.25. The fourth-order valence-electron chi connectivity index (χ4n) is 5.46. The minimum Gasteiger partial charge on any atom is -0.480 e. The first kappa shape index (κ1) is 50.3. The van der Waals surface area contributed by atoms with Crippen LogP contribution in [0.5, 0.6) is 0 Å². The van der Waals surface area contributed by atoms with Gasteiger partial charge in [-0.15, -0.1) is 0 Å². The molecule has 3 heterocycles. The van der Waals surface area contributed by atoms with Gasteiger partial charge in [-0.25, -0.2) is 19.2 Å². The molecule has 4 rings (SSSR count). The summed E-state index contributed by atoms with van der Waals surface area (Å²) >= 11 is 2.17. The number of nitrogens with zero attached hydrogens (tertiary/aromatic N) is 3. The molecule has 0 aromatic heterocycles. The molecule has 0 bridgehead atoms. The van der Waals surface area contributed by atoms with Gasteiger partial charge in [-0.2, -0.15) is 4.39 Å². The van der Waals surface area contributed by atoms with Gasteiger partial charge in [-0.05, 0) is 136 Å². The summed E-state index contributed by atoms with van der Waals surface area (Å²) in [5.41, 5.74) is -0.994. The number of nitrogens with one attached hydrogen (secondary N) is 1. The van der Waals surface area contributed by atoms with Crippen molar-refractivity contribution in [2.45, 2.75) is 151 Å². The van der Waals surface area contributed by atoms with E-state index >= 15 is 0 Å². The number of carbonyl (C=O) groups excluding carboxylic acids is 5. The molecule has 3 aliphatic heterocycles. The first-order chi connectivity index (χ1) is 23.9. The summed E-state index contributed by atoms with van der Waals surface area (Å²) < 4.78 is 29.1. The number of aliphatic carboxylic acids is 1. The minimum absolute atomic E-state index is 0. The molecule has 0 aliphatic carbocycles. The number of para-hydroxylation sites is 1.